The average molecular weight is 334 g/mol. The van der Waals surface area contributed by atoms with Crippen molar-refractivity contribution < 1.29 is 22.8 Å². The van der Waals surface area contributed by atoms with Gasteiger partial charge in [-0.3, -0.25) is 15.1 Å². The number of fused-ring (bicyclic) bond motifs is 1. The van der Waals surface area contributed by atoms with Crippen molar-refractivity contribution in [2.24, 2.45) is 0 Å². The molecule has 2 aromatic carbocycles. The molecule has 0 saturated carbocycles. The Labute approximate surface area is 133 Å². The van der Waals surface area contributed by atoms with Crippen LogP contribution in [0.2, 0.25) is 0 Å². The predicted octanol–water partition coefficient (Wildman–Crippen LogP) is 4.95. The molecular weight excluding hydrogens is 325 g/mol. The Morgan fingerprint density at radius 3 is 2.58 bits per heavy atom. The van der Waals surface area contributed by atoms with Gasteiger partial charge in [-0.05, 0) is 36.4 Å². The third kappa shape index (κ3) is 3.12. The third-order valence-electron chi connectivity index (χ3n) is 3.29. The normalized spacial score (nSPS) is 11.5. The van der Waals surface area contributed by atoms with E-state index >= 15 is 0 Å². The van der Waals surface area contributed by atoms with Crippen LogP contribution in [0, 0.1) is 10.1 Å². The largest absolute Gasteiger partial charge is 0.450 e. The number of aromatic nitrogens is 1. The van der Waals surface area contributed by atoms with Crippen LogP contribution in [0.25, 0.3) is 10.9 Å². The number of ether oxygens (including phenoxy) is 1. The monoisotopic (exact) mass is 334 g/mol. The van der Waals surface area contributed by atoms with Gasteiger partial charge >= 0.3 is 11.9 Å². The molecule has 3 rings (SSSR count). The van der Waals surface area contributed by atoms with Crippen LogP contribution in [0.4, 0.5) is 18.9 Å². The van der Waals surface area contributed by atoms with Crippen molar-refractivity contribution in [1.29, 1.82) is 0 Å². The molecule has 5 nitrogen and oxygen atoms in total. The Morgan fingerprint density at radius 1 is 1.08 bits per heavy atom. The molecule has 0 aliphatic rings. The minimum atomic E-state index is -4.67. The first kappa shape index (κ1) is 15.7. The number of pyridine rings is 1. The number of halogens is 3. The molecule has 0 saturated heterocycles. The fraction of sp³-hybridized carbons (Fsp3) is 0.0625. The molecule has 1 heterocycles. The molecule has 0 bridgehead atoms. The highest BCUT2D eigenvalue weighted by atomic mass is 19.4. The fourth-order valence-corrected chi connectivity index (χ4v) is 2.17. The summed E-state index contributed by atoms with van der Waals surface area (Å²) in [6, 6.07) is 10.4. The quantitative estimate of drug-likeness (QED) is 0.502. The highest BCUT2D eigenvalue weighted by Gasteiger charge is 2.33. The summed E-state index contributed by atoms with van der Waals surface area (Å²) in [6.45, 7) is 0. The summed E-state index contributed by atoms with van der Waals surface area (Å²) in [5.41, 5.74) is -1.16. The second-order valence-corrected chi connectivity index (χ2v) is 4.90. The Balaban J connectivity index is 2.00. The lowest BCUT2D eigenvalue weighted by molar-refractivity contribution is -0.385. The average Bonchev–Trinajstić information content (AvgIpc) is 2.54. The highest BCUT2D eigenvalue weighted by molar-refractivity contribution is 5.79. The van der Waals surface area contributed by atoms with E-state index < -0.39 is 22.4 Å². The molecule has 0 spiro atoms. The number of nitro groups is 1. The number of benzene rings is 2. The lowest BCUT2D eigenvalue weighted by Crippen LogP contribution is -2.06. The van der Waals surface area contributed by atoms with Gasteiger partial charge in [0.2, 0.25) is 5.75 Å². The van der Waals surface area contributed by atoms with Crippen LogP contribution >= 0.6 is 0 Å². The molecule has 0 radical (unpaired) electrons. The first-order valence-corrected chi connectivity index (χ1v) is 6.73. The van der Waals surface area contributed by atoms with Crippen molar-refractivity contribution in [3.8, 4) is 11.5 Å². The van der Waals surface area contributed by atoms with E-state index in [9.17, 15) is 23.3 Å². The van der Waals surface area contributed by atoms with Gasteiger partial charge in [0.25, 0.3) is 0 Å². The Bertz CT molecular complexity index is 926. The van der Waals surface area contributed by atoms with Crippen LogP contribution in [0.1, 0.15) is 5.56 Å². The molecular formula is C16H9F3N2O3. The summed E-state index contributed by atoms with van der Waals surface area (Å²) in [7, 11) is 0. The van der Waals surface area contributed by atoms with Crippen molar-refractivity contribution in [1.82, 2.24) is 4.98 Å². The second kappa shape index (κ2) is 5.80. The molecule has 0 aliphatic carbocycles. The Kier molecular flexibility index (Phi) is 3.80. The minimum absolute atomic E-state index is 0.262. The summed E-state index contributed by atoms with van der Waals surface area (Å²) in [4.78, 5) is 14.3. The number of hydrogen-bond donors (Lipinski definition) is 0. The first-order valence-electron chi connectivity index (χ1n) is 6.73. The molecule has 122 valence electrons. The van der Waals surface area contributed by atoms with E-state index in [2.05, 4.69) is 4.98 Å². The van der Waals surface area contributed by atoms with Gasteiger partial charge in [0.1, 0.15) is 5.75 Å². The summed E-state index contributed by atoms with van der Waals surface area (Å²) >= 11 is 0. The van der Waals surface area contributed by atoms with Crippen molar-refractivity contribution in [2.75, 3.05) is 0 Å². The second-order valence-electron chi connectivity index (χ2n) is 4.90. The van der Waals surface area contributed by atoms with Crippen molar-refractivity contribution in [3.05, 3.63) is 70.4 Å². The molecule has 0 fully saturated rings. The maximum Gasteiger partial charge on any atom is 0.416 e. The Hall–Kier alpha value is -3.16. The fourth-order valence-electron chi connectivity index (χ4n) is 2.17. The molecule has 8 heteroatoms. The van der Waals surface area contributed by atoms with Crippen LogP contribution in [0.3, 0.4) is 0 Å². The maximum absolute atomic E-state index is 12.7. The molecule has 3 aromatic rings. The molecule has 0 N–H and O–H groups in total. The number of rotatable bonds is 3. The van der Waals surface area contributed by atoms with Gasteiger partial charge in [-0.2, -0.15) is 13.2 Å². The number of alkyl halides is 3. The van der Waals surface area contributed by atoms with Gasteiger partial charge in [-0.15, -0.1) is 0 Å². The number of hydrogen-bond acceptors (Lipinski definition) is 4. The zero-order chi connectivity index (χ0) is 17.3. The van der Waals surface area contributed by atoms with Gasteiger partial charge < -0.3 is 4.74 Å². The van der Waals surface area contributed by atoms with Crippen LogP contribution < -0.4 is 4.74 Å². The highest BCUT2D eigenvalue weighted by Crippen LogP contribution is 2.38. The SMILES string of the molecule is O=[N+]([O-])c1cc(C(F)(F)F)ccc1Oc1ccc2ncccc2c1. The van der Waals surface area contributed by atoms with Crippen LogP contribution in [0.5, 0.6) is 11.5 Å². The summed E-state index contributed by atoms with van der Waals surface area (Å²) in [5.74, 6) is -0.00500. The Morgan fingerprint density at radius 2 is 1.88 bits per heavy atom. The van der Waals surface area contributed by atoms with Crippen molar-refractivity contribution in [2.45, 2.75) is 6.18 Å². The minimum Gasteiger partial charge on any atom is -0.450 e. The van der Waals surface area contributed by atoms with Crippen LogP contribution in [0.15, 0.2) is 54.7 Å². The zero-order valence-electron chi connectivity index (χ0n) is 11.9. The topological polar surface area (TPSA) is 65.3 Å². The van der Waals surface area contributed by atoms with Gasteiger partial charge in [0.05, 0.1) is 16.0 Å². The van der Waals surface area contributed by atoms with E-state index in [1.807, 2.05) is 0 Å². The van der Waals surface area contributed by atoms with Gasteiger partial charge in [-0.1, -0.05) is 6.07 Å². The number of nitro benzene ring substituents is 1. The van der Waals surface area contributed by atoms with E-state index in [0.717, 1.165) is 17.5 Å². The van der Waals surface area contributed by atoms with Crippen LogP contribution in [-0.2, 0) is 6.18 Å². The molecule has 24 heavy (non-hydrogen) atoms. The maximum atomic E-state index is 12.7. The van der Waals surface area contributed by atoms with E-state index in [1.54, 1.807) is 30.5 Å². The number of nitrogens with zero attached hydrogens (tertiary/aromatic N) is 2. The predicted molar refractivity (Wildman–Crippen MR) is 79.9 cm³/mol. The summed E-state index contributed by atoms with van der Waals surface area (Å²) < 4.78 is 43.5. The van der Waals surface area contributed by atoms with E-state index in [4.69, 9.17) is 4.74 Å². The smallest absolute Gasteiger partial charge is 0.416 e. The van der Waals surface area contributed by atoms with E-state index in [0.29, 0.717) is 11.6 Å². The van der Waals surface area contributed by atoms with E-state index in [-0.39, 0.29) is 11.5 Å². The van der Waals surface area contributed by atoms with Gasteiger partial charge in [-0.25, -0.2) is 0 Å². The first-order chi connectivity index (χ1) is 11.3. The van der Waals surface area contributed by atoms with Crippen molar-refractivity contribution >= 4 is 16.6 Å². The van der Waals surface area contributed by atoms with Gasteiger partial charge in [0.15, 0.2) is 0 Å². The molecule has 0 amide bonds. The lowest BCUT2D eigenvalue weighted by atomic mass is 10.1. The summed E-state index contributed by atoms with van der Waals surface area (Å²) in [5, 5.41) is 11.8. The molecule has 0 unspecified atom stereocenters. The zero-order valence-corrected chi connectivity index (χ0v) is 11.9. The van der Waals surface area contributed by atoms with Gasteiger partial charge in [0, 0.05) is 17.6 Å². The summed E-state index contributed by atoms with van der Waals surface area (Å²) in [6.07, 6.45) is -3.05. The molecule has 0 aliphatic heterocycles. The van der Waals surface area contributed by atoms with Crippen LogP contribution in [-0.4, -0.2) is 9.91 Å². The van der Waals surface area contributed by atoms with Crippen molar-refractivity contribution in [3.63, 3.8) is 0 Å². The lowest BCUT2D eigenvalue weighted by Gasteiger charge is -2.10. The molecule has 0 atom stereocenters. The third-order valence-corrected chi connectivity index (χ3v) is 3.29. The molecule has 1 aromatic heterocycles. The standard InChI is InChI=1S/C16H9F3N2O3/c17-16(18,19)11-3-6-15(14(9-11)21(22)23)24-12-4-5-13-10(8-12)2-1-7-20-13/h1-9H. The van der Waals surface area contributed by atoms with E-state index in [1.165, 1.54) is 6.07 Å².